The van der Waals surface area contributed by atoms with Crippen LogP contribution in [0.5, 0.6) is 5.75 Å². The molecule has 1 aliphatic carbocycles. The normalized spacial score (nSPS) is 15.2. The molecule has 0 aliphatic heterocycles. The van der Waals surface area contributed by atoms with Crippen molar-refractivity contribution < 1.29 is 9.53 Å². The van der Waals surface area contributed by atoms with E-state index >= 15 is 0 Å². The van der Waals surface area contributed by atoms with Crippen LogP contribution in [0.3, 0.4) is 0 Å². The summed E-state index contributed by atoms with van der Waals surface area (Å²) < 4.78 is 5.46. The highest BCUT2D eigenvalue weighted by molar-refractivity contribution is 5.93. The highest BCUT2D eigenvalue weighted by Crippen LogP contribution is 2.28. The predicted octanol–water partition coefficient (Wildman–Crippen LogP) is 3.13. The van der Waals surface area contributed by atoms with E-state index < -0.39 is 0 Å². The van der Waals surface area contributed by atoms with E-state index in [4.69, 9.17) is 4.74 Å². The Hall–Kier alpha value is -1.51. The van der Waals surface area contributed by atoms with Gasteiger partial charge in [0, 0.05) is 11.6 Å². The third kappa shape index (κ3) is 2.78. The van der Waals surface area contributed by atoms with E-state index in [9.17, 15) is 4.79 Å². The molecule has 17 heavy (non-hydrogen) atoms. The van der Waals surface area contributed by atoms with Crippen molar-refractivity contribution in [2.45, 2.75) is 33.1 Å². The first-order valence-corrected chi connectivity index (χ1v) is 6.25. The number of rotatable bonds is 4. The van der Waals surface area contributed by atoms with Crippen LogP contribution in [0, 0.1) is 12.8 Å². The fraction of sp³-hybridized carbons (Fsp3) is 0.500. The van der Waals surface area contributed by atoms with Crippen LogP contribution >= 0.6 is 0 Å². The molecule has 0 radical (unpaired) electrons. The quantitative estimate of drug-likeness (QED) is 0.867. The van der Waals surface area contributed by atoms with Gasteiger partial charge in [-0.05, 0) is 50.5 Å². The Kier molecular flexibility index (Phi) is 3.67. The minimum absolute atomic E-state index is 0.153. The van der Waals surface area contributed by atoms with Gasteiger partial charge in [-0.15, -0.1) is 0 Å². The Morgan fingerprint density at radius 3 is 2.76 bits per heavy atom. The lowest BCUT2D eigenvalue weighted by atomic mass is 9.85. The molecule has 1 saturated carbocycles. The van der Waals surface area contributed by atoms with Crippen molar-refractivity contribution >= 4 is 11.6 Å². The van der Waals surface area contributed by atoms with E-state index in [1.807, 2.05) is 32.0 Å². The second-order valence-electron chi connectivity index (χ2n) is 4.53. The molecule has 0 atom stereocenters. The lowest BCUT2D eigenvalue weighted by Crippen LogP contribution is -2.28. The van der Waals surface area contributed by atoms with Gasteiger partial charge < -0.3 is 10.1 Å². The van der Waals surface area contributed by atoms with Crippen molar-refractivity contribution in [2.24, 2.45) is 5.92 Å². The van der Waals surface area contributed by atoms with Crippen LogP contribution in [0.4, 0.5) is 5.69 Å². The lowest BCUT2D eigenvalue weighted by Gasteiger charge is -2.24. The molecule has 0 heterocycles. The van der Waals surface area contributed by atoms with Crippen LogP contribution in [-0.4, -0.2) is 12.5 Å². The second-order valence-corrected chi connectivity index (χ2v) is 4.53. The Balaban J connectivity index is 2.01. The van der Waals surface area contributed by atoms with Crippen LogP contribution in [0.15, 0.2) is 18.2 Å². The molecule has 1 N–H and O–H groups in total. The number of hydrogen-bond donors (Lipinski definition) is 1. The number of amides is 1. The number of nitrogens with one attached hydrogen (secondary N) is 1. The van der Waals surface area contributed by atoms with Crippen molar-refractivity contribution in [3.8, 4) is 5.75 Å². The summed E-state index contributed by atoms with van der Waals surface area (Å²) in [5, 5.41) is 2.96. The van der Waals surface area contributed by atoms with Crippen molar-refractivity contribution in [1.29, 1.82) is 0 Å². The topological polar surface area (TPSA) is 38.3 Å². The first kappa shape index (κ1) is 12.0. The molecule has 0 unspecified atom stereocenters. The first-order chi connectivity index (χ1) is 8.20. The zero-order valence-electron chi connectivity index (χ0n) is 10.5. The van der Waals surface area contributed by atoms with Gasteiger partial charge in [-0.25, -0.2) is 0 Å². The number of aryl methyl sites for hydroxylation is 1. The van der Waals surface area contributed by atoms with E-state index in [0.29, 0.717) is 6.61 Å². The smallest absolute Gasteiger partial charge is 0.227 e. The molecular weight excluding hydrogens is 214 g/mol. The average molecular weight is 233 g/mol. The number of hydrogen-bond acceptors (Lipinski definition) is 2. The van der Waals surface area contributed by atoms with Crippen molar-refractivity contribution in [3.05, 3.63) is 23.8 Å². The Labute approximate surface area is 102 Å². The first-order valence-electron chi connectivity index (χ1n) is 6.25. The van der Waals surface area contributed by atoms with Gasteiger partial charge in [-0.1, -0.05) is 6.42 Å². The average Bonchev–Trinajstić information content (AvgIpc) is 2.19. The summed E-state index contributed by atoms with van der Waals surface area (Å²) in [7, 11) is 0. The molecule has 92 valence electrons. The summed E-state index contributed by atoms with van der Waals surface area (Å²) in [4.78, 5) is 11.8. The number of benzene rings is 1. The van der Waals surface area contributed by atoms with E-state index in [0.717, 1.165) is 29.8 Å². The molecule has 1 aromatic rings. The molecule has 3 nitrogen and oxygen atoms in total. The monoisotopic (exact) mass is 233 g/mol. The van der Waals surface area contributed by atoms with Crippen LogP contribution in [-0.2, 0) is 4.79 Å². The lowest BCUT2D eigenvalue weighted by molar-refractivity contribution is -0.122. The molecule has 0 aromatic heterocycles. The highest BCUT2D eigenvalue weighted by Gasteiger charge is 2.25. The van der Waals surface area contributed by atoms with E-state index in [2.05, 4.69) is 5.32 Å². The van der Waals surface area contributed by atoms with E-state index in [1.54, 1.807) is 0 Å². The molecular formula is C14H19NO2. The van der Waals surface area contributed by atoms with Crippen LogP contribution in [0.25, 0.3) is 0 Å². The Bertz CT molecular complexity index is 411. The SMILES string of the molecule is CCOc1ccc(NC(=O)C2CCC2)cc1C. The second kappa shape index (κ2) is 5.21. The molecule has 0 bridgehead atoms. The summed E-state index contributed by atoms with van der Waals surface area (Å²) >= 11 is 0. The number of carbonyl (C=O) groups is 1. The van der Waals surface area contributed by atoms with Crippen LogP contribution in [0.1, 0.15) is 31.7 Å². The van der Waals surface area contributed by atoms with Gasteiger partial charge in [0.2, 0.25) is 5.91 Å². The summed E-state index contributed by atoms with van der Waals surface area (Å²) in [6.45, 7) is 4.62. The summed E-state index contributed by atoms with van der Waals surface area (Å²) in [5.41, 5.74) is 1.92. The fourth-order valence-corrected chi connectivity index (χ4v) is 1.96. The van der Waals surface area contributed by atoms with Gasteiger partial charge in [-0.2, -0.15) is 0 Å². The third-order valence-corrected chi connectivity index (χ3v) is 3.22. The number of ether oxygens (including phenoxy) is 1. The highest BCUT2D eigenvalue weighted by atomic mass is 16.5. The number of anilines is 1. The standard InChI is InChI=1S/C14H19NO2/c1-3-17-13-8-7-12(9-10(13)2)15-14(16)11-5-4-6-11/h7-9,11H,3-6H2,1-2H3,(H,15,16). The predicted molar refractivity (Wildman–Crippen MR) is 68.3 cm³/mol. The summed E-state index contributed by atoms with van der Waals surface area (Å²) in [6.07, 6.45) is 3.24. The maximum Gasteiger partial charge on any atom is 0.227 e. The van der Waals surface area contributed by atoms with Gasteiger partial charge in [0.15, 0.2) is 0 Å². The maximum absolute atomic E-state index is 11.8. The van der Waals surface area contributed by atoms with Gasteiger partial charge in [0.25, 0.3) is 0 Å². The van der Waals surface area contributed by atoms with Crippen LogP contribution in [0.2, 0.25) is 0 Å². The van der Waals surface area contributed by atoms with E-state index in [1.165, 1.54) is 6.42 Å². The molecule has 0 spiro atoms. The molecule has 1 fully saturated rings. The van der Waals surface area contributed by atoms with Gasteiger partial charge in [0.05, 0.1) is 6.61 Å². The maximum atomic E-state index is 11.8. The molecule has 3 heteroatoms. The van der Waals surface area contributed by atoms with Gasteiger partial charge in [-0.3, -0.25) is 4.79 Å². The minimum atomic E-state index is 0.153. The Morgan fingerprint density at radius 1 is 1.47 bits per heavy atom. The zero-order valence-corrected chi connectivity index (χ0v) is 10.5. The van der Waals surface area contributed by atoms with Gasteiger partial charge >= 0.3 is 0 Å². The van der Waals surface area contributed by atoms with Crippen LogP contribution < -0.4 is 10.1 Å². The summed E-state index contributed by atoms with van der Waals surface area (Å²) in [6, 6.07) is 5.77. The van der Waals surface area contributed by atoms with Crippen molar-refractivity contribution in [3.63, 3.8) is 0 Å². The Morgan fingerprint density at radius 2 is 2.24 bits per heavy atom. The van der Waals surface area contributed by atoms with Crippen molar-refractivity contribution in [1.82, 2.24) is 0 Å². The zero-order chi connectivity index (χ0) is 12.3. The fourth-order valence-electron chi connectivity index (χ4n) is 1.96. The largest absolute Gasteiger partial charge is 0.494 e. The molecule has 1 amide bonds. The molecule has 0 saturated heterocycles. The van der Waals surface area contributed by atoms with E-state index in [-0.39, 0.29) is 11.8 Å². The summed E-state index contributed by atoms with van der Waals surface area (Å²) in [5.74, 6) is 1.26. The molecule has 1 aliphatic rings. The third-order valence-electron chi connectivity index (χ3n) is 3.22. The molecule has 2 rings (SSSR count). The van der Waals surface area contributed by atoms with Crippen molar-refractivity contribution in [2.75, 3.05) is 11.9 Å². The minimum Gasteiger partial charge on any atom is -0.494 e. The van der Waals surface area contributed by atoms with Gasteiger partial charge in [0.1, 0.15) is 5.75 Å². The molecule has 1 aromatic carbocycles. The number of carbonyl (C=O) groups excluding carboxylic acids is 1.